The van der Waals surface area contributed by atoms with Crippen LogP contribution in [-0.4, -0.2) is 24.5 Å². The number of carbonyl (C=O) groups excluding carboxylic acids is 2. The summed E-state index contributed by atoms with van der Waals surface area (Å²) in [6.07, 6.45) is 5.71. The van der Waals surface area contributed by atoms with Crippen molar-refractivity contribution in [3.63, 3.8) is 0 Å². The predicted molar refractivity (Wildman–Crippen MR) is 93.8 cm³/mol. The lowest BCUT2D eigenvalue weighted by Gasteiger charge is -2.12. The smallest absolute Gasteiger partial charge is 0.254 e. The van der Waals surface area contributed by atoms with Gasteiger partial charge in [0.15, 0.2) is 0 Å². The number of nitrogens with one attached hydrogen (secondary N) is 2. The van der Waals surface area contributed by atoms with Crippen molar-refractivity contribution in [3.05, 3.63) is 40.2 Å². The van der Waals surface area contributed by atoms with Gasteiger partial charge in [-0.2, -0.15) is 0 Å². The summed E-state index contributed by atoms with van der Waals surface area (Å²) >= 11 is 1.52. The topological polar surface area (TPSA) is 80.6 Å². The third-order valence-electron chi connectivity index (χ3n) is 4.61. The van der Waals surface area contributed by atoms with Gasteiger partial charge in [-0.1, -0.05) is 0 Å². The number of hydrogen-bond acceptors (Lipinski definition) is 5. The largest absolute Gasteiger partial charge is 0.467 e. The van der Waals surface area contributed by atoms with Crippen molar-refractivity contribution in [3.8, 4) is 0 Å². The van der Waals surface area contributed by atoms with E-state index in [9.17, 15) is 9.59 Å². The lowest BCUT2D eigenvalue weighted by molar-refractivity contribution is -0.124. The van der Waals surface area contributed by atoms with Gasteiger partial charge >= 0.3 is 0 Å². The maximum atomic E-state index is 12.8. The Morgan fingerprint density at radius 1 is 1.28 bits per heavy atom. The summed E-state index contributed by atoms with van der Waals surface area (Å²) in [6.45, 7) is 0.949. The van der Waals surface area contributed by atoms with E-state index in [0.717, 1.165) is 37.7 Å². The molecule has 1 aliphatic carbocycles. The van der Waals surface area contributed by atoms with Crippen molar-refractivity contribution in [2.75, 3.05) is 11.9 Å². The molecule has 25 heavy (non-hydrogen) atoms. The average Bonchev–Trinajstić information content (AvgIpc) is 3.35. The van der Waals surface area contributed by atoms with Crippen LogP contribution >= 0.6 is 11.3 Å². The molecule has 0 aromatic carbocycles. The first-order valence-corrected chi connectivity index (χ1v) is 9.41. The number of amides is 2. The summed E-state index contributed by atoms with van der Waals surface area (Å²) in [5, 5.41) is 6.46. The van der Waals surface area contributed by atoms with E-state index in [0.29, 0.717) is 29.5 Å². The Morgan fingerprint density at radius 3 is 2.96 bits per heavy atom. The van der Waals surface area contributed by atoms with Gasteiger partial charge in [0.2, 0.25) is 0 Å². The Bertz CT molecular complexity index is 775. The van der Waals surface area contributed by atoms with Crippen LogP contribution in [0.15, 0.2) is 22.8 Å². The van der Waals surface area contributed by atoms with Gasteiger partial charge in [-0.05, 0) is 49.8 Å². The predicted octanol–water partition coefficient (Wildman–Crippen LogP) is 2.88. The normalized spacial score (nSPS) is 19.0. The van der Waals surface area contributed by atoms with Gasteiger partial charge in [-0.25, -0.2) is 0 Å². The molecule has 2 N–H and O–H groups in total. The van der Waals surface area contributed by atoms with Crippen LogP contribution < -0.4 is 10.6 Å². The Hall–Kier alpha value is -2.12. The van der Waals surface area contributed by atoms with E-state index >= 15 is 0 Å². The van der Waals surface area contributed by atoms with Crippen LogP contribution in [0.4, 0.5) is 5.00 Å². The lowest BCUT2D eigenvalue weighted by Crippen LogP contribution is -2.29. The molecule has 0 spiro atoms. The Labute approximate surface area is 149 Å². The molecular weight excluding hydrogens is 340 g/mol. The zero-order valence-corrected chi connectivity index (χ0v) is 14.6. The first-order valence-electron chi connectivity index (χ1n) is 8.60. The highest BCUT2D eigenvalue weighted by Crippen LogP contribution is 2.39. The lowest BCUT2D eigenvalue weighted by atomic mass is 10.1. The SMILES string of the molecule is O=C(NCc1ccco1)c1c(NC(=O)[C@H]2CCCO2)sc2c1CCC2. The van der Waals surface area contributed by atoms with Crippen LogP contribution in [0.1, 0.15) is 45.8 Å². The van der Waals surface area contributed by atoms with E-state index < -0.39 is 6.10 Å². The quantitative estimate of drug-likeness (QED) is 0.859. The second kappa shape index (κ2) is 7.01. The minimum Gasteiger partial charge on any atom is -0.467 e. The number of fused-ring (bicyclic) bond motifs is 1. The zero-order chi connectivity index (χ0) is 17.2. The van der Waals surface area contributed by atoms with Crippen LogP contribution in [0.3, 0.4) is 0 Å². The Morgan fingerprint density at radius 2 is 2.20 bits per heavy atom. The Kier molecular flexibility index (Phi) is 4.59. The number of thiophene rings is 1. The third kappa shape index (κ3) is 3.34. The molecule has 0 radical (unpaired) electrons. The van der Waals surface area contributed by atoms with E-state index in [1.165, 1.54) is 16.2 Å². The van der Waals surface area contributed by atoms with Gasteiger partial charge in [0, 0.05) is 11.5 Å². The summed E-state index contributed by atoms with van der Waals surface area (Å²) in [5.74, 6) is 0.376. The van der Waals surface area contributed by atoms with Crippen molar-refractivity contribution in [1.82, 2.24) is 5.32 Å². The van der Waals surface area contributed by atoms with Crippen molar-refractivity contribution in [1.29, 1.82) is 0 Å². The van der Waals surface area contributed by atoms with Crippen LogP contribution in [0, 0.1) is 0 Å². The minimum atomic E-state index is -0.407. The fourth-order valence-electron chi connectivity index (χ4n) is 3.38. The standard InChI is InChI=1S/C18H20N2O4S/c21-16(13-6-3-9-24-13)20-18-15(12-5-1-7-14(12)25-18)17(22)19-10-11-4-2-8-23-11/h2,4,8,13H,1,3,5-7,9-10H2,(H,19,22)(H,20,21)/t13-/m1/s1. The summed E-state index contributed by atoms with van der Waals surface area (Å²) in [6, 6.07) is 3.61. The van der Waals surface area contributed by atoms with Crippen LogP contribution in [0.5, 0.6) is 0 Å². The highest BCUT2D eigenvalue weighted by Gasteiger charge is 2.30. The van der Waals surface area contributed by atoms with Gasteiger partial charge in [-0.3, -0.25) is 9.59 Å². The molecule has 1 saturated heterocycles. The van der Waals surface area contributed by atoms with Crippen molar-refractivity contribution in [2.24, 2.45) is 0 Å². The zero-order valence-electron chi connectivity index (χ0n) is 13.8. The fourth-order valence-corrected chi connectivity index (χ4v) is 4.67. The van der Waals surface area contributed by atoms with Crippen molar-refractivity contribution >= 4 is 28.2 Å². The second-order valence-corrected chi connectivity index (χ2v) is 7.42. The molecule has 2 aromatic rings. The van der Waals surface area contributed by atoms with E-state index in [4.69, 9.17) is 9.15 Å². The number of aryl methyl sites for hydroxylation is 1. The van der Waals surface area contributed by atoms with Crippen LogP contribution in [0.2, 0.25) is 0 Å². The molecule has 0 saturated carbocycles. The molecule has 3 heterocycles. The molecular formula is C18H20N2O4S. The summed E-state index contributed by atoms with van der Waals surface area (Å²) in [5.41, 5.74) is 1.68. The van der Waals surface area contributed by atoms with Crippen LogP contribution in [-0.2, 0) is 28.9 Å². The summed E-state index contributed by atoms with van der Waals surface area (Å²) in [4.78, 5) is 26.3. The van der Waals surface area contributed by atoms with Gasteiger partial charge in [-0.15, -0.1) is 11.3 Å². The second-order valence-electron chi connectivity index (χ2n) is 6.31. The first-order chi connectivity index (χ1) is 12.2. The molecule has 1 fully saturated rings. The minimum absolute atomic E-state index is 0.155. The first kappa shape index (κ1) is 16.4. The van der Waals surface area contributed by atoms with E-state index in [2.05, 4.69) is 10.6 Å². The van der Waals surface area contributed by atoms with Crippen molar-refractivity contribution in [2.45, 2.75) is 44.8 Å². The molecule has 7 heteroatoms. The number of hydrogen-bond donors (Lipinski definition) is 2. The molecule has 0 unspecified atom stereocenters. The maximum absolute atomic E-state index is 12.8. The van der Waals surface area contributed by atoms with E-state index in [1.54, 1.807) is 12.3 Å². The summed E-state index contributed by atoms with van der Waals surface area (Å²) in [7, 11) is 0. The third-order valence-corrected chi connectivity index (χ3v) is 5.82. The van der Waals surface area contributed by atoms with Gasteiger partial charge in [0.05, 0.1) is 18.4 Å². The van der Waals surface area contributed by atoms with Gasteiger partial charge in [0.1, 0.15) is 16.9 Å². The number of anilines is 1. The summed E-state index contributed by atoms with van der Waals surface area (Å²) < 4.78 is 10.7. The maximum Gasteiger partial charge on any atom is 0.254 e. The number of carbonyl (C=O) groups is 2. The number of ether oxygens (including phenoxy) is 1. The fraction of sp³-hybridized carbons (Fsp3) is 0.444. The molecule has 1 aliphatic heterocycles. The highest BCUT2D eigenvalue weighted by atomic mass is 32.1. The molecule has 6 nitrogen and oxygen atoms in total. The molecule has 2 aromatic heterocycles. The van der Waals surface area contributed by atoms with E-state index in [-0.39, 0.29) is 11.8 Å². The average molecular weight is 360 g/mol. The molecule has 4 rings (SSSR count). The van der Waals surface area contributed by atoms with Gasteiger partial charge < -0.3 is 19.8 Å². The van der Waals surface area contributed by atoms with Crippen LogP contribution in [0.25, 0.3) is 0 Å². The van der Waals surface area contributed by atoms with Crippen molar-refractivity contribution < 1.29 is 18.7 Å². The molecule has 0 bridgehead atoms. The monoisotopic (exact) mass is 360 g/mol. The Balaban J connectivity index is 1.52. The molecule has 132 valence electrons. The highest BCUT2D eigenvalue weighted by molar-refractivity contribution is 7.17. The molecule has 2 aliphatic rings. The number of rotatable bonds is 5. The van der Waals surface area contributed by atoms with E-state index in [1.807, 2.05) is 6.07 Å². The number of furan rings is 1. The van der Waals surface area contributed by atoms with Gasteiger partial charge in [0.25, 0.3) is 11.8 Å². The molecule has 2 amide bonds. The molecule has 1 atom stereocenters.